The summed E-state index contributed by atoms with van der Waals surface area (Å²) < 4.78 is 11.8. The molecule has 0 aliphatic carbocycles. The van der Waals surface area contributed by atoms with Crippen LogP contribution in [0.15, 0.2) is 12.7 Å². The molecule has 0 amide bonds. The Balaban J connectivity index is 4.25. The van der Waals surface area contributed by atoms with Crippen LogP contribution in [0.4, 0.5) is 0 Å². The van der Waals surface area contributed by atoms with E-state index < -0.39 is 8.43 Å². The molecule has 0 saturated heterocycles. The smallest absolute Gasteiger partial charge is 0.380 e. The van der Waals surface area contributed by atoms with E-state index in [0.29, 0.717) is 0 Å². The molecule has 0 aliphatic heterocycles. The molecule has 0 heterocycles. The van der Waals surface area contributed by atoms with Crippen LogP contribution < -0.4 is 0 Å². The van der Waals surface area contributed by atoms with Crippen LogP contribution >= 0.6 is 11.2 Å². The van der Waals surface area contributed by atoms with Crippen LogP contribution in [0.3, 0.4) is 0 Å². The molecule has 0 saturated carbocycles. The second kappa shape index (κ2) is 6.08. The molecule has 0 fully saturated rings. The van der Waals surface area contributed by atoms with E-state index in [1.807, 2.05) is 6.08 Å². The Kier molecular flexibility index (Phi) is 6.18. The van der Waals surface area contributed by atoms with Crippen molar-refractivity contribution in [3.05, 3.63) is 12.7 Å². The topological polar surface area (TPSA) is 18.5 Å². The normalized spacial score (nSPS) is 13.3. The predicted molar refractivity (Wildman–Crippen MR) is 70.1 cm³/mol. The van der Waals surface area contributed by atoms with Gasteiger partial charge in [-0.1, -0.05) is 6.08 Å². The summed E-state index contributed by atoms with van der Waals surface area (Å²) >= 11 is 1.71. The first kappa shape index (κ1) is 15.2. The maximum Gasteiger partial charge on any atom is 0.464 e. The fourth-order valence-corrected chi connectivity index (χ4v) is 4.74. The fraction of sp³-hybridized carbons (Fsp3) is 0.818. The van der Waals surface area contributed by atoms with Crippen LogP contribution in [0.5, 0.6) is 0 Å². The molecule has 0 N–H and O–H groups in total. The summed E-state index contributed by atoms with van der Waals surface area (Å²) in [5.41, 5.74) is -0.290. The zero-order chi connectivity index (χ0) is 12.1. The molecule has 2 nitrogen and oxygen atoms in total. The summed E-state index contributed by atoms with van der Waals surface area (Å²) in [5, 5.41) is 0. The van der Waals surface area contributed by atoms with Crippen LogP contribution in [0, 0.1) is 0 Å². The SMILES string of the molecule is C=CCS[Si](OC(C)(C)C)OC(C)(C)C. The van der Waals surface area contributed by atoms with Gasteiger partial charge in [-0.25, -0.2) is 0 Å². The summed E-state index contributed by atoms with van der Waals surface area (Å²) in [7, 11) is -1.28. The van der Waals surface area contributed by atoms with Gasteiger partial charge in [0.05, 0.1) is 11.2 Å². The molecule has 0 aromatic heterocycles. The van der Waals surface area contributed by atoms with Gasteiger partial charge >= 0.3 is 8.43 Å². The monoisotopic (exact) mass is 247 g/mol. The summed E-state index contributed by atoms with van der Waals surface area (Å²) in [4.78, 5) is 0. The summed E-state index contributed by atoms with van der Waals surface area (Å²) in [6.45, 7) is 16.0. The van der Waals surface area contributed by atoms with Crippen molar-refractivity contribution in [1.82, 2.24) is 0 Å². The first-order valence-electron chi connectivity index (χ1n) is 5.13. The van der Waals surface area contributed by atoms with Gasteiger partial charge in [0.1, 0.15) is 0 Å². The van der Waals surface area contributed by atoms with Crippen LogP contribution in [0.25, 0.3) is 0 Å². The number of rotatable bonds is 5. The standard InChI is InChI=1S/C11H23O2SSi/c1-8-9-14-15(12-10(2,3)4)13-11(5,6)7/h8H,1,9H2,2-7H3. The molecule has 0 spiro atoms. The molecule has 89 valence electrons. The highest BCUT2D eigenvalue weighted by Crippen LogP contribution is 2.22. The Hall–Kier alpha value is 0.227. The fourth-order valence-electron chi connectivity index (χ4n) is 0.707. The van der Waals surface area contributed by atoms with Crippen molar-refractivity contribution in [3.63, 3.8) is 0 Å². The quantitative estimate of drug-likeness (QED) is 0.547. The van der Waals surface area contributed by atoms with Gasteiger partial charge in [0, 0.05) is 5.75 Å². The van der Waals surface area contributed by atoms with E-state index in [-0.39, 0.29) is 11.2 Å². The van der Waals surface area contributed by atoms with E-state index >= 15 is 0 Å². The lowest BCUT2D eigenvalue weighted by Gasteiger charge is -2.29. The largest absolute Gasteiger partial charge is 0.464 e. The molecule has 0 unspecified atom stereocenters. The Morgan fingerprint density at radius 3 is 1.73 bits per heavy atom. The van der Waals surface area contributed by atoms with Gasteiger partial charge in [0.2, 0.25) is 0 Å². The van der Waals surface area contributed by atoms with E-state index in [4.69, 9.17) is 8.85 Å². The molecule has 4 heteroatoms. The van der Waals surface area contributed by atoms with Crippen molar-refractivity contribution in [2.75, 3.05) is 5.75 Å². The third-order valence-electron chi connectivity index (χ3n) is 1.10. The van der Waals surface area contributed by atoms with Crippen molar-refractivity contribution in [3.8, 4) is 0 Å². The van der Waals surface area contributed by atoms with Crippen LogP contribution in [0.1, 0.15) is 41.5 Å². The van der Waals surface area contributed by atoms with Crippen LogP contribution in [-0.4, -0.2) is 25.4 Å². The van der Waals surface area contributed by atoms with Gasteiger partial charge in [-0.05, 0) is 41.5 Å². The minimum absolute atomic E-state index is 0.145. The van der Waals surface area contributed by atoms with Gasteiger partial charge in [-0.3, -0.25) is 0 Å². The lowest BCUT2D eigenvalue weighted by molar-refractivity contribution is 0.0461. The first-order valence-corrected chi connectivity index (χ1v) is 8.15. The van der Waals surface area contributed by atoms with Crippen molar-refractivity contribution < 1.29 is 8.85 Å². The molecular formula is C11H23O2SSi. The molecule has 0 aliphatic rings. The van der Waals surface area contributed by atoms with Crippen molar-refractivity contribution >= 4 is 19.6 Å². The minimum atomic E-state index is -1.28. The third-order valence-corrected chi connectivity index (χ3v) is 5.00. The van der Waals surface area contributed by atoms with E-state index in [1.165, 1.54) is 0 Å². The van der Waals surface area contributed by atoms with E-state index in [1.54, 1.807) is 11.2 Å². The molecular weight excluding hydrogens is 224 g/mol. The lowest BCUT2D eigenvalue weighted by atomic mass is 10.2. The maximum atomic E-state index is 5.91. The summed E-state index contributed by atoms with van der Waals surface area (Å²) in [6, 6.07) is 0. The van der Waals surface area contributed by atoms with Gasteiger partial charge in [-0.15, -0.1) is 17.8 Å². The average molecular weight is 247 g/mol. The number of hydrogen-bond acceptors (Lipinski definition) is 3. The Morgan fingerprint density at radius 2 is 1.47 bits per heavy atom. The molecule has 0 rings (SSSR count). The first-order chi connectivity index (χ1) is 6.64. The molecule has 0 aromatic carbocycles. The average Bonchev–Trinajstić information content (AvgIpc) is 1.94. The van der Waals surface area contributed by atoms with Crippen molar-refractivity contribution in [1.29, 1.82) is 0 Å². The minimum Gasteiger partial charge on any atom is -0.380 e. The highest BCUT2D eigenvalue weighted by atomic mass is 32.4. The van der Waals surface area contributed by atoms with Gasteiger partial charge < -0.3 is 8.85 Å². The highest BCUT2D eigenvalue weighted by molar-refractivity contribution is 8.24. The molecule has 15 heavy (non-hydrogen) atoms. The zero-order valence-corrected chi connectivity index (χ0v) is 12.5. The predicted octanol–water partition coefficient (Wildman–Crippen LogP) is 3.52. The molecule has 0 aromatic rings. The van der Waals surface area contributed by atoms with Gasteiger partial charge in [0.15, 0.2) is 0 Å². The Labute approximate surface area is 99.9 Å². The highest BCUT2D eigenvalue weighted by Gasteiger charge is 2.28. The maximum absolute atomic E-state index is 5.91. The van der Waals surface area contributed by atoms with Crippen LogP contribution in [0.2, 0.25) is 0 Å². The molecule has 0 bridgehead atoms. The summed E-state index contributed by atoms with van der Waals surface area (Å²) in [6.07, 6.45) is 1.88. The molecule has 1 radical (unpaired) electrons. The van der Waals surface area contributed by atoms with Gasteiger partial charge in [-0.2, -0.15) is 0 Å². The lowest BCUT2D eigenvalue weighted by Crippen LogP contribution is -2.37. The third kappa shape index (κ3) is 10.5. The second-order valence-corrected chi connectivity index (χ2v) is 8.67. The van der Waals surface area contributed by atoms with Crippen molar-refractivity contribution in [2.45, 2.75) is 52.7 Å². The van der Waals surface area contributed by atoms with Gasteiger partial charge in [0.25, 0.3) is 0 Å². The van der Waals surface area contributed by atoms with E-state index in [2.05, 4.69) is 48.1 Å². The van der Waals surface area contributed by atoms with Crippen molar-refractivity contribution in [2.24, 2.45) is 0 Å². The second-order valence-electron chi connectivity index (χ2n) is 5.28. The zero-order valence-electron chi connectivity index (χ0n) is 10.7. The Morgan fingerprint density at radius 1 is 1.07 bits per heavy atom. The summed E-state index contributed by atoms with van der Waals surface area (Å²) in [5.74, 6) is 0.875. The molecule has 0 atom stereocenters. The van der Waals surface area contributed by atoms with E-state index in [0.717, 1.165) is 5.75 Å². The van der Waals surface area contributed by atoms with E-state index in [9.17, 15) is 0 Å². The Bertz CT molecular complexity index is 178. The van der Waals surface area contributed by atoms with Crippen LogP contribution in [-0.2, 0) is 8.85 Å². The number of hydrogen-bond donors (Lipinski definition) is 0.